The molecule has 0 bridgehead atoms. The van der Waals surface area contributed by atoms with Crippen molar-refractivity contribution in [2.75, 3.05) is 4.72 Å². The monoisotopic (exact) mass is 450 g/mol. The van der Waals surface area contributed by atoms with Crippen LogP contribution in [0.1, 0.15) is 60.8 Å². The molecule has 3 aromatic rings. The third-order valence-corrected chi connectivity index (χ3v) is 6.79. The SMILES string of the molecule is Cc1cc(C(=O)N[C@H](C)c2ccc(C(C)(C)C)cc2)ccc1NS(=O)(=O)c1ccccc1. The van der Waals surface area contributed by atoms with Crippen molar-refractivity contribution in [2.24, 2.45) is 0 Å². The third kappa shape index (κ3) is 5.56. The first-order chi connectivity index (χ1) is 15.0. The molecule has 3 rings (SSSR count). The molecule has 1 amide bonds. The Balaban J connectivity index is 1.71. The average molecular weight is 451 g/mol. The number of hydrogen-bond acceptors (Lipinski definition) is 3. The van der Waals surface area contributed by atoms with Crippen LogP contribution in [-0.2, 0) is 15.4 Å². The minimum atomic E-state index is -3.69. The highest BCUT2D eigenvalue weighted by Crippen LogP contribution is 2.25. The Labute approximate surface area is 190 Å². The summed E-state index contributed by atoms with van der Waals surface area (Å²) in [7, 11) is -3.69. The van der Waals surface area contributed by atoms with Crippen molar-refractivity contribution in [3.8, 4) is 0 Å². The summed E-state index contributed by atoms with van der Waals surface area (Å²) in [6.45, 7) is 10.2. The Morgan fingerprint density at radius 1 is 0.906 bits per heavy atom. The van der Waals surface area contributed by atoms with Gasteiger partial charge in [0, 0.05) is 5.56 Å². The maximum absolute atomic E-state index is 12.8. The number of carbonyl (C=O) groups excluding carboxylic acids is 1. The maximum atomic E-state index is 12.8. The molecule has 6 heteroatoms. The summed E-state index contributed by atoms with van der Waals surface area (Å²) in [6, 6.07) is 21.2. The molecule has 5 nitrogen and oxygen atoms in total. The van der Waals surface area contributed by atoms with Crippen molar-refractivity contribution in [3.05, 3.63) is 95.1 Å². The van der Waals surface area contributed by atoms with E-state index in [2.05, 4.69) is 42.9 Å². The summed E-state index contributed by atoms with van der Waals surface area (Å²) in [5, 5.41) is 3.01. The predicted molar refractivity (Wildman–Crippen MR) is 129 cm³/mol. The van der Waals surface area contributed by atoms with E-state index in [-0.39, 0.29) is 22.3 Å². The highest BCUT2D eigenvalue weighted by atomic mass is 32.2. The lowest BCUT2D eigenvalue weighted by Gasteiger charge is -2.21. The van der Waals surface area contributed by atoms with E-state index in [1.807, 2.05) is 19.1 Å². The number of benzene rings is 3. The summed E-state index contributed by atoms with van der Waals surface area (Å²) >= 11 is 0. The smallest absolute Gasteiger partial charge is 0.261 e. The van der Waals surface area contributed by atoms with Gasteiger partial charge >= 0.3 is 0 Å². The van der Waals surface area contributed by atoms with E-state index < -0.39 is 10.0 Å². The molecule has 0 aliphatic rings. The largest absolute Gasteiger partial charge is 0.346 e. The van der Waals surface area contributed by atoms with Gasteiger partial charge in [0.2, 0.25) is 0 Å². The van der Waals surface area contributed by atoms with E-state index in [1.165, 1.54) is 17.7 Å². The number of sulfonamides is 1. The molecule has 0 unspecified atom stereocenters. The van der Waals surface area contributed by atoms with E-state index in [4.69, 9.17) is 0 Å². The molecule has 0 radical (unpaired) electrons. The van der Waals surface area contributed by atoms with Gasteiger partial charge in [0.1, 0.15) is 0 Å². The van der Waals surface area contributed by atoms with Gasteiger partial charge in [-0.1, -0.05) is 63.2 Å². The van der Waals surface area contributed by atoms with Gasteiger partial charge in [-0.3, -0.25) is 9.52 Å². The standard InChI is InChI=1S/C26H30N2O3S/c1-18-17-21(13-16-24(18)28-32(30,31)23-9-7-6-8-10-23)25(29)27-19(2)20-11-14-22(15-12-20)26(3,4)5/h6-17,19,28H,1-5H3,(H,27,29)/t19-/m1/s1. The molecule has 0 aliphatic carbocycles. The van der Waals surface area contributed by atoms with Crippen LogP contribution in [0, 0.1) is 6.92 Å². The summed E-state index contributed by atoms with van der Waals surface area (Å²) in [5.41, 5.74) is 3.92. The van der Waals surface area contributed by atoms with Crippen LogP contribution in [0.3, 0.4) is 0 Å². The highest BCUT2D eigenvalue weighted by Gasteiger charge is 2.18. The highest BCUT2D eigenvalue weighted by molar-refractivity contribution is 7.92. The lowest BCUT2D eigenvalue weighted by atomic mass is 9.86. The second-order valence-corrected chi connectivity index (χ2v) is 10.7. The zero-order chi connectivity index (χ0) is 23.5. The van der Waals surface area contributed by atoms with Crippen molar-refractivity contribution in [2.45, 2.75) is 51.0 Å². The number of hydrogen-bond donors (Lipinski definition) is 2. The summed E-state index contributed by atoms with van der Waals surface area (Å²) < 4.78 is 27.7. The molecule has 0 spiro atoms. The fourth-order valence-electron chi connectivity index (χ4n) is 3.36. The summed E-state index contributed by atoms with van der Waals surface area (Å²) in [4.78, 5) is 13.0. The van der Waals surface area contributed by atoms with Gasteiger partial charge in [-0.2, -0.15) is 0 Å². The van der Waals surface area contributed by atoms with Crippen LogP contribution in [-0.4, -0.2) is 14.3 Å². The van der Waals surface area contributed by atoms with Crippen molar-refractivity contribution in [3.63, 3.8) is 0 Å². The second kappa shape index (κ2) is 9.17. The first-order valence-corrected chi connectivity index (χ1v) is 12.1. The van der Waals surface area contributed by atoms with Gasteiger partial charge in [-0.25, -0.2) is 8.42 Å². The first kappa shape index (κ1) is 23.5. The molecular weight excluding hydrogens is 420 g/mol. The number of carbonyl (C=O) groups is 1. The Morgan fingerprint density at radius 3 is 2.09 bits per heavy atom. The summed E-state index contributed by atoms with van der Waals surface area (Å²) in [6.07, 6.45) is 0. The number of amides is 1. The molecule has 2 N–H and O–H groups in total. The van der Waals surface area contributed by atoms with Crippen molar-refractivity contribution in [1.82, 2.24) is 5.32 Å². The van der Waals surface area contributed by atoms with E-state index in [0.29, 0.717) is 16.8 Å². The quantitative estimate of drug-likeness (QED) is 0.514. The number of nitrogens with one attached hydrogen (secondary N) is 2. The van der Waals surface area contributed by atoms with Crippen LogP contribution in [0.4, 0.5) is 5.69 Å². The number of anilines is 1. The minimum absolute atomic E-state index is 0.0757. The molecule has 0 aliphatic heterocycles. The molecule has 1 atom stereocenters. The Morgan fingerprint density at radius 2 is 1.53 bits per heavy atom. The molecule has 32 heavy (non-hydrogen) atoms. The second-order valence-electron chi connectivity index (χ2n) is 9.02. The maximum Gasteiger partial charge on any atom is 0.261 e. The zero-order valence-corrected chi connectivity index (χ0v) is 20.0. The number of aryl methyl sites for hydroxylation is 1. The third-order valence-electron chi connectivity index (χ3n) is 5.41. The summed E-state index contributed by atoms with van der Waals surface area (Å²) in [5.74, 6) is -0.210. The molecule has 0 heterocycles. The van der Waals surface area contributed by atoms with Crippen molar-refractivity contribution < 1.29 is 13.2 Å². The van der Waals surface area contributed by atoms with Crippen LogP contribution in [0.25, 0.3) is 0 Å². The number of rotatable bonds is 6. The van der Waals surface area contributed by atoms with Crippen LogP contribution in [0.15, 0.2) is 77.7 Å². The molecule has 0 saturated carbocycles. The van der Waals surface area contributed by atoms with E-state index in [0.717, 1.165) is 5.56 Å². The molecular formula is C26H30N2O3S. The Bertz CT molecular complexity index is 1200. The van der Waals surface area contributed by atoms with Crippen LogP contribution in [0.2, 0.25) is 0 Å². The molecule has 0 aromatic heterocycles. The fourth-order valence-corrected chi connectivity index (χ4v) is 4.51. The fraction of sp³-hybridized carbons (Fsp3) is 0.269. The van der Waals surface area contributed by atoms with Gasteiger partial charge in [0.25, 0.3) is 15.9 Å². The van der Waals surface area contributed by atoms with E-state index in [1.54, 1.807) is 43.3 Å². The van der Waals surface area contributed by atoms with Gasteiger partial charge < -0.3 is 5.32 Å². The van der Waals surface area contributed by atoms with Crippen LogP contribution in [0.5, 0.6) is 0 Å². The molecule has 0 saturated heterocycles. The average Bonchev–Trinajstić information content (AvgIpc) is 2.75. The minimum Gasteiger partial charge on any atom is -0.346 e. The molecule has 0 fully saturated rings. The molecule has 3 aromatic carbocycles. The lowest BCUT2D eigenvalue weighted by Crippen LogP contribution is -2.27. The molecule has 168 valence electrons. The van der Waals surface area contributed by atoms with E-state index in [9.17, 15) is 13.2 Å². The topological polar surface area (TPSA) is 75.3 Å². The normalized spacial score (nSPS) is 12.8. The lowest BCUT2D eigenvalue weighted by molar-refractivity contribution is 0.0940. The van der Waals surface area contributed by atoms with Gasteiger partial charge in [0.05, 0.1) is 16.6 Å². The van der Waals surface area contributed by atoms with Crippen LogP contribution < -0.4 is 10.0 Å². The van der Waals surface area contributed by atoms with E-state index >= 15 is 0 Å². The van der Waals surface area contributed by atoms with Gasteiger partial charge in [-0.05, 0) is 66.3 Å². The van der Waals surface area contributed by atoms with Gasteiger partial charge in [0.15, 0.2) is 0 Å². The Hall–Kier alpha value is -3.12. The Kier molecular flexibility index (Phi) is 6.74. The zero-order valence-electron chi connectivity index (χ0n) is 19.1. The van der Waals surface area contributed by atoms with Crippen molar-refractivity contribution >= 4 is 21.6 Å². The van der Waals surface area contributed by atoms with Gasteiger partial charge in [-0.15, -0.1) is 0 Å². The predicted octanol–water partition coefficient (Wildman–Crippen LogP) is 5.58. The first-order valence-electron chi connectivity index (χ1n) is 10.6. The van der Waals surface area contributed by atoms with Crippen molar-refractivity contribution in [1.29, 1.82) is 0 Å². The van der Waals surface area contributed by atoms with Crippen LogP contribution >= 0.6 is 0 Å².